The molecule has 0 fully saturated rings. The van der Waals surface area contributed by atoms with Crippen LogP contribution in [0.4, 0.5) is 17.1 Å². The maximum absolute atomic E-state index is 6.84. The minimum Gasteiger partial charge on any atom is -0.469 e. The summed E-state index contributed by atoms with van der Waals surface area (Å²) >= 11 is 0. The zero-order valence-electron chi connectivity index (χ0n) is 25.4. The van der Waals surface area contributed by atoms with Gasteiger partial charge in [-0.15, -0.1) is 0 Å². The molecule has 10 aromatic rings. The van der Waals surface area contributed by atoms with Gasteiger partial charge >= 0.3 is 6.71 Å². The van der Waals surface area contributed by atoms with Gasteiger partial charge in [-0.25, -0.2) is 0 Å². The number of furan rings is 4. The molecule has 0 atom stereocenters. The zero-order valence-corrected chi connectivity index (χ0v) is 25.4. The van der Waals surface area contributed by atoms with Gasteiger partial charge in [0.25, 0.3) is 0 Å². The van der Waals surface area contributed by atoms with Crippen molar-refractivity contribution in [1.29, 1.82) is 0 Å². The van der Waals surface area contributed by atoms with E-state index in [-0.39, 0.29) is 6.71 Å². The molecule has 6 aromatic carbocycles. The standard InChI is InChI=1S/C42H22BNO4/c1-5-15-32-25(10-1)31(22-45-32)44-30-21-23(24-14-9-19-36-37(24)26-11-2-6-16-33(26)46-36)20-29-38-27-12-3-7-17-34(27)47-41(38)43(39(29)30)42-40(44)28-13-4-8-18-35(28)48-42/h1-22H. The van der Waals surface area contributed by atoms with Crippen molar-refractivity contribution in [3.63, 3.8) is 0 Å². The summed E-state index contributed by atoms with van der Waals surface area (Å²) in [5, 5.41) is 5.39. The molecule has 4 aromatic heterocycles. The van der Waals surface area contributed by atoms with E-state index in [1.807, 2.05) is 42.7 Å². The first-order chi connectivity index (χ1) is 23.8. The Morgan fingerprint density at radius 2 is 1.12 bits per heavy atom. The molecule has 0 bridgehead atoms. The third-order valence-corrected chi connectivity index (χ3v) is 10.3. The molecule has 0 saturated heterocycles. The largest absolute Gasteiger partial charge is 0.469 e. The summed E-state index contributed by atoms with van der Waals surface area (Å²) in [6.07, 6.45) is 1.88. The van der Waals surface area contributed by atoms with Crippen LogP contribution in [0.1, 0.15) is 0 Å². The van der Waals surface area contributed by atoms with Crippen LogP contribution in [0.2, 0.25) is 0 Å². The smallest absolute Gasteiger partial charge is 0.338 e. The summed E-state index contributed by atoms with van der Waals surface area (Å²) in [5.74, 6) is 0. The fraction of sp³-hybridized carbons (Fsp3) is 0. The molecule has 6 heteroatoms. The highest BCUT2D eigenvalue weighted by Gasteiger charge is 2.50. The summed E-state index contributed by atoms with van der Waals surface area (Å²) in [6, 6.07) is 44.2. The van der Waals surface area contributed by atoms with Gasteiger partial charge in [0.1, 0.15) is 39.8 Å². The van der Waals surface area contributed by atoms with E-state index in [2.05, 4.69) is 95.9 Å². The minimum atomic E-state index is -0.200. The van der Waals surface area contributed by atoms with Crippen LogP contribution in [0.5, 0.6) is 0 Å². The average Bonchev–Trinajstić information content (AvgIpc) is 3.94. The van der Waals surface area contributed by atoms with Crippen molar-refractivity contribution in [2.24, 2.45) is 0 Å². The molecule has 6 heterocycles. The Hall–Kier alpha value is -6.40. The summed E-state index contributed by atoms with van der Waals surface area (Å²) in [7, 11) is 0. The Kier molecular flexibility index (Phi) is 4.49. The van der Waals surface area contributed by atoms with Crippen LogP contribution in [0.15, 0.2) is 151 Å². The molecule has 2 aliphatic rings. The molecule has 12 rings (SSSR count). The Morgan fingerprint density at radius 1 is 0.479 bits per heavy atom. The van der Waals surface area contributed by atoms with Gasteiger partial charge in [0, 0.05) is 38.2 Å². The van der Waals surface area contributed by atoms with Crippen LogP contribution < -0.4 is 21.7 Å². The lowest BCUT2D eigenvalue weighted by molar-refractivity contribution is 0.616. The first-order valence-corrected chi connectivity index (χ1v) is 16.2. The fourth-order valence-corrected chi connectivity index (χ4v) is 8.42. The third kappa shape index (κ3) is 2.99. The number of rotatable bonds is 2. The van der Waals surface area contributed by atoms with Crippen LogP contribution >= 0.6 is 0 Å². The molecule has 0 radical (unpaired) electrons. The Morgan fingerprint density at radius 3 is 1.96 bits per heavy atom. The SMILES string of the molecule is c1ccc2c(N3c4cc(-c5cccc6oc7ccccc7c56)cc5c4B(c4oc6ccccc6c4-5)c4oc5ccccc5c43)coc2c1. The number of anilines is 3. The van der Waals surface area contributed by atoms with Crippen molar-refractivity contribution in [3.8, 4) is 22.3 Å². The van der Waals surface area contributed by atoms with Gasteiger partial charge in [0.2, 0.25) is 0 Å². The van der Waals surface area contributed by atoms with Crippen LogP contribution in [0, 0.1) is 0 Å². The van der Waals surface area contributed by atoms with E-state index in [4.69, 9.17) is 17.7 Å². The van der Waals surface area contributed by atoms with Crippen LogP contribution in [0.3, 0.4) is 0 Å². The van der Waals surface area contributed by atoms with Crippen molar-refractivity contribution >= 4 is 95.4 Å². The van der Waals surface area contributed by atoms with E-state index in [1.165, 1.54) is 5.46 Å². The van der Waals surface area contributed by atoms with Gasteiger partial charge in [-0.2, -0.15) is 0 Å². The monoisotopic (exact) mass is 615 g/mol. The van der Waals surface area contributed by atoms with Crippen molar-refractivity contribution < 1.29 is 17.7 Å². The summed E-state index contributed by atoms with van der Waals surface area (Å²) in [4.78, 5) is 2.35. The van der Waals surface area contributed by atoms with Gasteiger partial charge < -0.3 is 22.6 Å². The molecule has 0 unspecified atom stereocenters. The zero-order chi connectivity index (χ0) is 31.1. The van der Waals surface area contributed by atoms with Gasteiger partial charge in [0.05, 0.1) is 17.0 Å². The molecule has 0 saturated carbocycles. The van der Waals surface area contributed by atoms with E-state index in [0.29, 0.717) is 0 Å². The quantitative estimate of drug-likeness (QED) is 0.181. The lowest BCUT2D eigenvalue weighted by atomic mass is 9.41. The molecule has 48 heavy (non-hydrogen) atoms. The highest BCUT2D eigenvalue weighted by atomic mass is 16.4. The van der Waals surface area contributed by atoms with E-state index in [0.717, 1.165) is 105 Å². The van der Waals surface area contributed by atoms with E-state index >= 15 is 0 Å². The lowest BCUT2D eigenvalue weighted by Gasteiger charge is -2.32. The summed E-state index contributed by atoms with van der Waals surface area (Å²) in [6.45, 7) is -0.200. The number of nitrogens with zero attached hydrogens (tertiary/aromatic N) is 1. The van der Waals surface area contributed by atoms with Gasteiger partial charge in [-0.3, -0.25) is 0 Å². The number of benzene rings is 6. The second-order valence-corrected chi connectivity index (χ2v) is 12.8. The third-order valence-electron chi connectivity index (χ3n) is 10.3. The molecule has 0 aliphatic carbocycles. The number of hydrogen-bond donors (Lipinski definition) is 0. The van der Waals surface area contributed by atoms with E-state index < -0.39 is 0 Å². The predicted octanol–water partition coefficient (Wildman–Crippen LogP) is 9.77. The highest BCUT2D eigenvalue weighted by Crippen LogP contribution is 2.50. The molecule has 0 amide bonds. The molecule has 0 spiro atoms. The molecule has 222 valence electrons. The van der Waals surface area contributed by atoms with Crippen LogP contribution in [-0.4, -0.2) is 6.71 Å². The van der Waals surface area contributed by atoms with Gasteiger partial charge in [-0.05, 0) is 76.8 Å². The van der Waals surface area contributed by atoms with Crippen LogP contribution in [0.25, 0.3) is 77.1 Å². The normalized spacial score (nSPS) is 13.3. The molecule has 5 nitrogen and oxygen atoms in total. The van der Waals surface area contributed by atoms with E-state index in [1.54, 1.807) is 0 Å². The summed E-state index contributed by atoms with van der Waals surface area (Å²) < 4.78 is 26.2. The number of fused-ring (bicyclic) bond motifs is 13. The van der Waals surface area contributed by atoms with Gasteiger partial charge in [0.15, 0.2) is 0 Å². The summed E-state index contributed by atoms with van der Waals surface area (Å²) in [5.41, 5.74) is 14.9. The first-order valence-electron chi connectivity index (χ1n) is 16.2. The molecule has 0 N–H and O–H groups in total. The lowest BCUT2D eigenvalue weighted by Crippen LogP contribution is -2.53. The van der Waals surface area contributed by atoms with Crippen molar-refractivity contribution in [1.82, 2.24) is 0 Å². The maximum atomic E-state index is 6.84. The highest BCUT2D eigenvalue weighted by molar-refractivity contribution is 7.00. The topological polar surface area (TPSA) is 55.8 Å². The second kappa shape index (κ2) is 8.69. The van der Waals surface area contributed by atoms with Crippen molar-refractivity contribution in [3.05, 3.63) is 134 Å². The second-order valence-electron chi connectivity index (χ2n) is 12.8. The van der Waals surface area contributed by atoms with Crippen molar-refractivity contribution in [2.75, 3.05) is 4.90 Å². The molecular formula is C42H22BNO4. The van der Waals surface area contributed by atoms with Gasteiger partial charge in [-0.1, -0.05) is 72.8 Å². The average molecular weight is 615 g/mol. The van der Waals surface area contributed by atoms with Crippen molar-refractivity contribution in [2.45, 2.75) is 0 Å². The Bertz CT molecular complexity index is 2990. The maximum Gasteiger partial charge on any atom is 0.338 e. The first kappa shape index (κ1) is 24.8. The predicted molar refractivity (Wildman–Crippen MR) is 193 cm³/mol. The minimum absolute atomic E-state index is 0.200. The van der Waals surface area contributed by atoms with Crippen LogP contribution in [-0.2, 0) is 0 Å². The Balaban J connectivity index is 1.26. The molecule has 2 aliphatic heterocycles. The Labute approximate surface area is 273 Å². The fourth-order valence-electron chi connectivity index (χ4n) is 8.42. The number of hydrogen-bond acceptors (Lipinski definition) is 5. The number of para-hydroxylation sites is 4. The molecular weight excluding hydrogens is 593 g/mol. The van der Waals surface area contributed by atoms with E-state index in [9.17, 15) is 0 Å².